The molecule has 17 heavy (non-hydrogen) atoms. The summed E-state index contributed by atoms with van der Waals surface area (Å²) in [5, 5.41) is 3.44. The van der Waals surface area contributed by atoms with Crippen LogP contribution >= 0.6 is 0 Å². The minimum Gasteiger partial charge on any atom is -0.299 e. The first-order valence-electron chi connectivity index (χ1n) is 6.49. The number of hydrogen-bond donors (Lipinski definition) is 0. The topological polar surface area (TPSA) is 65.8 Å². The van der Waals surface area contributed by atoms with Gasteiger partial charge >= 0.3 is 0 Å². The Morgan fingerprint density at radius 3 is 3.12 bits per heavy atom. The lowest BCUT2D eigenvalue weighted by atomic mass is 9.59. The zero-order chi connectivity index (χ0) is 12.1. The van der Waals surface area contributed by atoms with Crippen LogP contribution in [0.4, 0.5) is 0 Å². The van der Waals surface area contributed by atoms with Gasteiger partial charge in [-0.3, -0.25) is 4.79 Å². The smallest absolute Gasteiger partial charge is 0.139 e. The molecule has 0 radical (unpaired) electrons. The molecule has 0 aliphatic heterocycles. The highest BCUT2D eigenvalue weighted by Crippen LogP contribution is 2.57. The van der Waals surface area contributed by atoms with Crippen molar-refractivity contribution in [2.75, 3.05) is 6.54 Å². The molecule has 0 heterocycles. The van der Waals surface area contributed by atoms with E-state index in [1.807, 2.05) is 6.08 Å². The van der Waals surface area contributed by atoms with E-state index in [0.717, 1.165) is 32.1 Å². The number of rotatable bonds is 6. The van der Waals surface area contributed by atoms with Gasteiger partial charge in [-0.05, 0) is 43.6 Å². The average Bonchev–Trinajstić information content (AvgIpc) is 2.66. The van der Waals surface area contributed by atoms with E-state index in [-0.39, 0.29) is 5.41 Å². The van der Waals surface area contributed by atoms with Crippen molar-refractivity contribution in [3.63, 3.8) is 0 Å². The fraction of sp³-hybridized carbons (Fsp3) is 0.769. The molecule has 0 unspecified atom stereocenters. The molecule has 4 nitrogen and oxygen atoms in total. The summed E-state index contributed by atoms with van der Waals surface area (Å²) in [4.78, 5) is 14.5. The number of hydrogen-bond acceptors (Lipinski definition) is 2. The summed E-state index contributed by atoms with van der Waals surface area (Å²) < 4.78 is 0. The molecule has 0 aromatic rings. The number of unbranched alkanes of at least 4 members (excludes halogenated alkanes) is 1. The number of fused-ring (bicyclic) bond motifs is 1. The van der Waals surface area contributed by atoms with Crippen LogP contribution in [-0.2, 0) is 4.79 Å². The van der Waals surface area contributed by atoms with E-state index in [4.69, 9.17) is 5.53 Å². The van der Waals surface area contributed by atoms with E-state index >= 15 is 0 Å². The Balaban J connectivity index is 1.70. The van der Waals surface area contributed by atoms with Gasteiger partial charge in [-0.15, -0.1) is 0 Å². The Morgan fingerprint density at radius 2 is 2.41 bits per heavy atom. The van der Waals surface area contributed by atoms with Gasteiger partial charge in [-0.2, -0.15) is 0 Å². The summed E-state index contributed by atoms with van der Waals surface area (Å²) in [5.74, 6) is 1.21. The Morgan fingerprint density at radius 1 is 1.53 bits per heavy atom. The predicted octanol–water partition coefficient (Wildman–Crippen LogP) is 3.78. The monoisotopic (exact) mass is 233 g/mol. The van der Waals surface area contributed by atoms with Crippen LogP contribution in [0.5, 0.6) is 0 Å². The molecule has 0 aromatic heterocycles. The number of allylic oxidation sites excluding steroid dienone is 1. The van der Waals surface area contributed by atoms with E-state index in [9.17, 15) is 4.79 Å². The number of ketones is 1. The third kappa shape index (κ3) is 2.37. The minimum absolute atomic E-state index is 0.0820. The van der Waals surface area contributed by atoms with E-state index in [0.29, 0.717) is 18.2 Å². The van der Waals surface area contributed by atoms with Crippen molar-refractivity contribution >= 4 is 5.78 Å². The molecule has 0 saturated heterocycles. The summed E-state index contributed by atoms with van der Waals surface area (Å²) in [6.07, 6.45) is 11.5. The van der Waals surface area contributed by atoms with Crippen molar-refractivity contribution in [2.45, 2.75) is 44.9 Å². The number of carbonyl (C=O) groups excluding carboxylic acids is 1. The van der Waals surface area contributed by atoms with Crippen molar-refractivity contribution < 1.29 is 4.79 Å². The van der Waals surface area contributed by atoms with Crippen molar-refractivity contribution in [3.8, 4) is 0 Å². The summed E-state index contributed by atoms with van der Waals surface area (Å²) in [7, 11) is 0. The van der Waals surface area contributed by atoms with Crippen molar-refractivity contribution in [2.24, 2.45) is 16.4 Å². The van der Waals surface area contributed by atoms with Crippen LogP contribution in [-0.4, -0.2) is 12.3 Å². The van der Waals surface area contributed by atoms with Gasteiger partial charge in [0.15, 0.2) is 0 Å². The molecule has 0 amide bonds. The molecular weight excluding hydrogens is 214 g/mol. The van der Waals surface area contributed by atoms with Crippen molar-refractivity contribution in [3.05, 3.63) is 22.6 Å². The highest BCUT2D eigenvalue weighted by molar-refractivity contribution is 5.91. The Bertz CT molecular complexity index is 371. The molecular formula is C13H19N3O. The molecule has 2 aliphatic carbocycles. The van der Waals surface area contributed by atoms with Crippen molar-refractivity contribution in [1.29, 1.82) is 0 Å². The molecule has 0 bridgehead atoms. The van der Waals surface area contributed by atoms with Gasteiger partial charge in [0, 0.05) is 23.3 Å². The average molecular weight is 233 g/mol. The van der Waals surface area contributed by atoms with E-state index < -0.39 is 0 Å². The van der Waals surface area contributed by atoms with Crippen LogP contribution < -0.4 is 0 Å². The fourth-order valence-corrected chi connectivity index (χ4v) is 3.38. The lowest BCUT2D eigenvalue weighted by Crippen LogP contribution is -2.46. The second-order valence-corrected chi connectivity index (χ2v) is 5.15. The van der Waals surface area contributed by atoms with Gasteiger partial charge in [0.1, 0.15) is 5.78 Å². The first kappa shape index (κ1) is 12.2. The lowest BCUT2D eigenvalue weighted by molar-refractivity contribution is -0.144. The molecule has 0 aromatic carbocycles. The first-order chi connectivity index (χ1) is 8.29. The van der Waals surface area contributed by atoms with Crippen LogP contribution in [0.3, 0.4) is 0 Å². The number of carbonyl (C=O) groups is 1. The SMILES string of the molecule is [N-]=[N+]=NC/C=C/CCC[C@]12CCC[C@@H]1CC2=O. The molecule has 0 N–H and O–H groups in total. The highest BCUT2D eigenvalue weighted by Gasteiger charge is 2.55. The minimum atomic E-state index is 0.0820. The Labute approximate surface area is 102 Å². The zero-order valence-corrected chi connectivity index (χ0v) is 10.1. The van der Waals surface area contributed by atoms with Crippen LogP contribution in [0.2, 0.25) is 0 Å². The van der Waals surface area contributed by atoms with Gasteiger partial charge in [0.2, 0.25) is 0 Å². The maximum absolute atomic E-state index is 11.8. The third-order valence-corrected chi connectivity index (χ3v) is 4.35. The third-order valence-electron chi connectivity index (χ3n) is 4.35. The van der Waals surface area contributed by atoms with Crippen LogP contribution in [0.25, 0.3) is 10.4 Å². The van der Waals surface area contributed by atoms with Gasteiger partial charge in [0.25, 0.3) is 0 Å². The quantitative estimate of drug-likeness (QED) is 0.226. The number of Topliss-reactive ketones (excluding diaryl/α,β-unsaturated/α-hetero) is 1. The maximum Gasteiger partial charge on any atom is 0.139 e. The fourth-order valence-electron chi connectivity index (χ4n) is 3.38. The van der Waals surface area contributed by atoms with Crippen LogP contribution in [0.1, 0.15) is 44.9 Å². The first-order valence-corrected chi connectivity index (χ1v) is 6.49. The van der Waals surface area contributed by atoms with E-state index in [1.165, 1.54) is 12.8 Å². The van der Waals surface area contributed by atoms with Gasteiger partial charge in [-0.25, -0.2) is 0 Å². The van der Waals surface area contributed by atoms with E-state index in [2.05, 4.69) is 16.1 Å². The Kier molecular flexibility index (Phi) is 3.85. The number of nitrogens with zero attached hydrogens (tertiary/aromatic N) is 3. The van der Waals surface area contributed by atoms with Crippen LogP contribution in [0.15, 0.2) is 17.3 Å². The molecule has 0 spiro atoms. The number of azide groups is 1. The van der Waals surface area contributed by atoms with Crippen molar-refractivity contribution in [1.82, 2.24) is 0 Å². The predicted molar refractivity (Wildman–Crippen MR) is 66.4 cm³/mol. The normalized spacial score (nSPS) is 31.1. The zero-order valence-electron chi connectivity index (χ0n) is 10.1. The lowest BCUT2D eigenvalue weighted by Gasteiger charge is -2.43. The second kappa shape index (κ2) is 5.37. The summed E-state index contributed by atoms with van der Waals surface area (Å²) >= 11 is 0. The van der Waals surface area contributed by atoms with Gasteiger partial charge in [-0.1, -0.05) is 23.7 Å². The van der Waals surface area contributed by atoms with Gasteiger partial charge in [0.05, 0.1) is 0 Å². The van der Waals surface area contributed by atoms with Gasteiger partial charge < -0.3 is 0 Å². The van der Waals surface area contributed by atoms with Crippen LogP contribution in [0, 0.1) is 11.3 Å². The molecule has 4 heteroatoms. The molecule has 2 rings (SSSR count). The molecule has 2 aliphatic rings. The molecule has 2 fully saturated rings. The maximum atomic E-state index is 11.8. The standard InChI is InChI=1S/C13H19N3O/c14-16-15-9-4-2-1-3-7-13-8-5-6-11(13)10-12(13)17/h2,4,11H,1,3,5-10H2/b4-2+/t11-,13+/m1/s1. The molecule has 92 valence electrons. The molecule has 2 atom stereocenters. The second-order valence-electron chi connectivity index (χ2n) is 5.15. The summed E-state index contributed by atoms with van der Waals surface area (Å²) in [5.41, 5.74) is 8.18. The Hall–Kier alpha value is -1.28. The largest absolute Gasteiger partial charge is 0.299 e. The highest BCUT2D eigenvalue weighted by atomic mass is 16.1. The molecule has 2 saturated carbocycles. The summed E-state index contributed by atoms with van der Waals surface area (Å²) in [6.45, 7) is 0.434. The summed E-state index contributed by atoms with van der Waals surface area (Å²) in [6, 6.07) is 0. The van der Waals surface area contributed by atoms with E-state index in [1.54, 1.807) is 0 Å².